The molecule has 1 saturated carbocycles. The van der Waals surface area contributed by atoms with E-state index in [1.807, 2.05) is 24.5 Å². The monoisotopic (exact) mass is 228 g/mol. The largest absolute Gasteiger partial charge is 0.399 e. The molecule has 1 heterocycles. The summed E-state index contributed by atoms with van der Waals surface area (Å²) in [6.07, 6.45) is 6.29. The Kier molecular flexibility index (Phi) is 2.55. The fourth-order valence-corrected chi connectivity index (χ4v) is 2.11. The van der Waals surface area contributed by atoms with E-state index in [-0.39, 0.29) is 0 Å². The Morgan fingerprint density at radius 2 is 2.18 bits per heavy atom. The molecule has 0 unspecified atom stereocenters. The van der Waals surface area contributed by atoms with Gasteiger partial charge in [0.05, 0.1) is 0 Å². The van der Waals surface area contributed by atoms with E-state index in [0.717, 1.165) is 24.4 Å². The number of anilines is 1. The van der Waals surface area contributed by atoms with Crippen LogP contribution in [-0.2, 0) is 12.8 Å². The molecule has 3 rings (SSSR count). The lowest BCUT2D eigenvalue weighted by Crippen LogP contribution is -2.03. The fourth-order valence-electron chi connectivity index (χ4n) is 2.11. The molecule has 2 aromatic rings. The Hall–Kier alpha value is -1.84. The van der Waals surface area contributed by atoms with Crippen molar-refractivity contribution < 1.29 is 0 Å². The second-order valence-electron chi connectivity index (χ2n) is 4.63. The zero-order valence-corrected chi connectivity index (χ0v) is 9.71. The van der Waals surface area contributed by atoms with Crippen LogP contribution in [0.4, 0.5) is 5.69 Å². The van der Waals surface area contributed by atoms with E-state index in [4.69, 9.17) is 5.73 Å². The number of aryl methyl sites for hydroxylation is 2. The first-order chi connectivity index (χ1) is 8.33. The van der Waals surface area contributed by atoms with Crippen LogP contribution in [0.1, 0.15) is 30.3 Å². The number of nitrogens with zero attached hydrogens (tertiary/aromatic N) is 3. The molecular formula is C13H16N4. The summed E-state index contributed by atoms with van der Waals surface area (Å²) in [6.45, 7) is 0. The van der Waals surface area contributed by atoms with Crippen molar-refractivity contribution in [2.45, 2.75) is 31.7 Å². The van der Waals surface area contributed by atoms with Gasteiger partial charge in [0.1, 0.15) is 12.2 Å². The molecule has 0 saturated heterocycles. The standard InChI is InChI=1S/C13H16N4/c14-11-3-1-2-10(8-11)4-7-13-16-15-9-17(13)12-5-6-12/h1-3,8-9,12H,4-7,14H2. The van der Waals surface area contributed by atoms with E-state index in [1.54, 1.807) is 0 Å². The molecule has 0 spiro atoms. The normalized spacial score (nSPS) is 15.1. The highest BCUT2D eigenvalue weighted by atomic mass is 15.3. The third kappa shape index (κ3) is 2.30. The quantitative estimate of drug-likeness (QED) is 0.814. The van der Waals surface area contributed by atoms with Gasteiger partial charge in [-0.2, -0.15) is 0 Å². The van der Waals surface area contributed by atoms with E-state index in [9.17, 15) is 0 Å². The van der Waals surface area contributed by atoms with Gasteiger partial charge in [-0.1, -0.05) is 12.1 Å². The summed E-state index contributed by atoms with van der Waals surface area (Å²) >= 11 is 0. The van der Waals surface area contributed by atoms with Crippen LogP contribution in [0.2, 0.25) is 0 Å². The smallest absolute Gasteiger partial charge is 0.133 e. The fraction of sp³-hybridized carbons (Fsp3) is 0.385. The van der Waals surface area contributed by atoms with Crippen molar-refractivity contribution in [3.63, 3.8) is 0 Å². The second-order valence-corrected chi connectivity index (χ2v) is 4.63. The molecule has 0 bridgehead atoms. The van der Waals surface area contributed by atoms with Crippen LogP contribution < -0.4 is 5.73 Å². The molecule has 4 heteroatoms. The SMILES string of the molecule is Nc1cccc(CCc2nncn2C2CC2)c1. The van der Waals surface area contributed by atoms with Crippen molar-refractivity contribution in [2.24, 2.45) is 0 Å². The molecular weight excluding hydrogens is 212 g/mol. The van der Waals surface area contributed by atoms with Crippen LogP contribution in [0.25, 0.3) is 0 Å². The molecule has 1 aliphatic carbocycles. The minimum atomic E-state index is 0.654. The Labute approximate surface area is 100 Å². The number of hydrogen-bond donors (Lipinski definition) is 1. The topological polar surface area (TPSA) is 56.7 Å². The molecule has 1 aromatic heterocycles. The van der Waals surface area contributed by atoms with E-state index in [1.165, 1.54) is 18.4 Å². The van der Waals surface area contributed by atoms with Gasteiger partial charge < -0.3 is 10.3 Å². The van der Waals surface area contributed by atoms with Crippen molar-refractivity contribution in [1.29, 1.82) is 0 Å². The van der Waals surface area contributed by atoms with Crippen molar-refractivity contribution in [3.05, 3.63) is 42.0 Å². The molecule has 0 aliphatic heterocycles. The van der Waals surface area contributed by atoms with Crippen LogP contribution in [0.5, 0.6) is 0 Å². The Morgan fingerprint density at radius 3 is 2.94 bits per heavy atom. The first kappa shape index (κ1) is 10.3. The number of nitrogen functional groups attached to an aromatic ring is 1. The van der Waals surface area contributed by atoms with Crippen molar-refractivity contribution in [1.82, 2.24) is 14.8 Å². The number of aromatic nitrogens is 3. The Morgan fingerprint density at radius 1 is 1.29 bits per heavy atom. The van der Waals surface area contributed by atoms with Crippen molar-refractivity contribution in [2.75, 3.05) is 5.73 Å². The molecule has 1 fully saturated rings. The van der Waals surface area contributed by atoms with Gasteiger partial charge in [-0.3, -0.25) is 0 Å². The van der Waals surface area contributed by atoms with Crippen LogP contribution in [0, 0.1) is 0 Å². The zero-order valence-electron chi connectivity index (χ0n) is 9.71. The van der Waals surface area contributed by atoms with Gasteiger partial charge in [0.2, 0.25) is 0 Å². The third-order valence-electron chi connectivity index (χ3n) is 3.18. The second kappa shape index (κ2) is 4.20. The molecule has 4 nitrogen and oxygen atoms in total. The van der Waals surface area contributed by atoms with Crippen LogP contribution in [0.3, 0.4) is 0 Å². The van der Waals surface area contributed by atoms with Crippen molar-refractivity contribution in [3.8, 4) is 0 Å². The first-order valence-corrected chi connectivity index (χ1v) is 6.06. The summed E-state index contributed by atoms with van der Waals surface area (Å²) in [5, 5.41) is 8.20. The summed E-state index contributed by atoms with van der Waals surface area (Å²) in [5.74, 6) is 1.09. The lowest BCUT2D eigenvalue weighted by molar-refractivity contribution is 0.673. The van der Waals surface area contributed by atoms with Gasteiger partial charge in [-0.05, 0) is 37.0 Å². The van der Waals surface area contributed by atoms with Gasteiger partial charge in [0.15, 0.2) is 0 Å². The molecule has 0 amide bonds. The van der Waals surface area contributed by atoms with Gasteiger partial charge >= 0.3 is 0 Å². The van der Waals surface area contributed by atoms with Gasteiger partial charge in [-0.15, -0.1) is 10.2 Å². The number of nitrogens with two attached hydrogens (primary N) is 1. The molecule has 0 radical (unpaired) electrons. The number of hydrogen-bond acceptors (Lipinski definition) is 3. The van der Waals surface area contributed by atoms with Crippen LogP contribution in [-0.4, -0.2) is 14.8 Å². The van der Waals surface area contributed by atoms with E-state index in [0.29, 0.717) is 6.04 Å². The summed E-state index contributed by atoms with van der Waals surface area (Å²) in [7, 11) is 0. The third-order valence-corrected chi connectivity index (χ3v) is 3.18. The molecule has 0 atom stereocenters. The average Bonchev–Trinajstić information content (AvgIpc) is 3.06. The summed E-state index contributed by atoms with van der Waals surface area (Å²) in [5.41, 5.74) is 7.85. The molecule has 1 aliphatic rings. The molecule has 2 N–H and O–H groups in total. The highest BCUT2D eigenvalue weighted by molar-refractivity contribution is 5.40. The Balaban J connectivity index is 1.69. The molecule has 1 aromatic carbocycles. The van der Waals surface area contributed by atoms with Gasteiger partial charge in [0.25, 0.3) is 0 Å². The lowest BCUT2D eigenvalue weighted by Gasteiger charge is -2.05. The minimum Gasteiger partial charge on any atom is -0.399 e. The zero-order chi connectivity index (χ0) is 11.7. The maximum Gasteiger partial charge on any atom is 0.133 e. The highest BCUT2D eigenvalue weighted by Crippen LogP contribution is 2.35. The molecule has 17 heavy (non-hydrogen) atoms. The summed E-state index contributed by atoms with van der Waals surface area (Å²) in [6, 6.07) is 8.69. The maximum atomic E-state index is 5.76. The lowest BCUT2D eigenvalue weighted by atomic mass is 10.1. The predicted octanol–water partition coefficient (Wildman–Crippen LogP) is 1.98. The predicted molar refractivity (Wildman–Crippen MR) is 66.6 cm³/mol. The van der Waals surface area contributed by atoms with Crippen molar-refractivity contribution >= 4 is 5.69 Å². The first-order valence-electron chi connectivity index (χ1n) is 6.06. The van der Waals surface area contributed by atoms with Gasteiger partial charge in [0, 0.05) is 18.2 Å². The van der Waals surface area contributed by atoms with E-state index >= 15 is 0 Å². The molecule has 88 valence electrons. The summed E-state index contributed by atoms with van der Waals surface area (Å²) < 4.78 is 2.21. The average molecular weight is 228 g/mol. The maximum absolute atomic E-state index is 5.76. The minimum absolute atomic E-state index is 0.654. The van der Waals surface area contributed by atoms with E-state index < -0.39 is 0 Å². The van der Waals surface area contributed by atoms with Gasteiger partial charge in [-0.25, -0.2) is 0 Å². The van der Waals surface area contributed by atoms with E-state index in [2.05, 4.69) is 20.8 Å². The number of benzene rings is 1. The highest BCUT2D eigenvalue weighted by Gasteiger charge is 2.25. The van der Waals surface area contributed by atoms with Crippen LogP contribution in [0.15, 0.2) is 30.6 Å². The summed E-state index contributed by atoms with van der Waals surface area (Å²) in [4.78, 5) is 0. The Bertz CT molecular complexity index is 514. The van der Waals surface area contributed by atoms with Crippen LogP contribution >= 0.6 is 0 Å². The number of rotatable bonds is 4.